The number of hydrogen-bond acceptors (Lipinski definition) is 5. The third kappa shape index (κ3) is 2.64. The molecule has 0 aliphatic carbocycles. The van der Waals surface area contributed by atoms with E-state index in [2.05, 4.69) is 5.16 Å². The van der Waals surface area contributed by atoms with Crippen LogP contribution >= 0.6 is 0 Å². The Morgan fingerprint density at radius 3 is 2.63 bits per heavy atom. The van der Waals surface area contributed by atoms with Gasteiger partial charge in [0.25, 0.3) is 0 Å². The van der Waals surface area contributed by atoms with Crippen LogP contribution in [0.25, 0.3) is 0 Å². The van der Waals surface area contributed by atoms with E-state index >= 15 is 0 Å². The minimum Gasteiger partial charge on any atom is -0.361 e. The molecule has 6 nitrogen and oxygen atoms in total. The molecule has 0 N–H and O–H groups in total. The van der Waals surface area contributed by atoms with Crippen LogP contribution in [0.3, 0.4) is 0 Å². The monoisotopic (exact) mass is 266 g/mol. The number of rotatable bonds is 2. The van der Waals surface area contributed by atoms with Crippen molar-refractivity contribution in [2.24, 2.45) is 0 Å². The topological polar surface area (TPSA) is 64.8 Å². The van der Waals surface area contributed by atoms with Gasteiger partial charge in [0.2, 0.25) is 5.91 Å². The Morgan fingerprint density at radius 1 is 1.37 bits per heavy atom. The standard InChI is InChI=1S/C13H18N2O4/c1-10-8-11(14-19-10)9-12(16)15-4-2-13(3-5-15)17-6-7-18-13/h8H,2-7,9H2,1H3. The molecule has 0 aromatic carbocycles. The van der Waals surface area contributed by atoms with Gasteiger partial charge in [-0.25, -0.2) is 0 Å². The average molecular weight is 266 g/mol. The molecule has 0 unspecified atom stereocenters. The fourth-order valence-corrected chi connectivity index (χ4v) is 2.65. The second kappa shape index (κ2) is 4.94. The Hall–Kier alpha value is -1.40. The first-order chi connectivity index (χ1) is 9.17. The number of carbonyl (C=O) groups excluding carboxylic acids is 1. The first-order valence-electron chi connectivity index (χ1n) is 6.65. The van der Waals surface area contributed by atoms with Gasteiger partial charge in [0, 0.05) is 32.0 Å². The van der Waals surface area contributed by atoms with Gasteiger partial charge in [0.05, 0.1) is 25.3 Å². The minimum atomic E-state index is -0.429. The smallest absolute Gasteiger partial charge is 0.228 e. The molecule has 2 fully saturated rings. The van der Waals surface area contributed by atoms with Gasteiger partial charge in [-0.05, 0) is 6.92 Å². The zero-order chi connectivity index (χ0) is 13.3. The lowest BCUT2D eigenvalue weighted by Gasteiger charge is -2.37. The molecule has 0 radical (unpaired) electrons. The van der Waals surface area contributed by atoms with Gasteiger partial charge >= 0.3 is 0 Å². The van der Waals surface area contributed by atoms with Crippen molar-refractivity contribution in [3.05, 3.63) is 17.5 Å². The Bertz CT molecular complexity index is 455. The van der Waals surface area contributed by atoms with Crippen molar-refractivity contribution in [2.75, 3.05) is 26.3 Å². The second-order valence-electron chi connectivity index (χ2n) is 5.09. The van der Waals surface area contributed by atoms with Crippen molar-refractivity contribution < 1.29 is 18.8 Å². The summed E-state index contributed by atoms with van der Waals surface area (Å²) in [6.07, 6.45) is 1.79. The average Bonchev–Trinajstić information content (AvgIpc) is 3.00. The number of aromatic nitrogens is 1. The summed E-state index contributed by atoms with van der Waals surface area (Å²) in [7, 11) is 0. The number of aryl methyl sites for hydroxylation is 1. The molecule has 104 valence electrons. The van der Waals surface area contributed by atoms with Gasteiger partial charge in [-0.3, -0.25) is 4.79 Å². The van der Waals surface area contributed by atoms with Gasteiger partial charge in [-0.1, -0.05) is 5.16 Å². The molecule has 0 bridgehead atoms. The summed E-state index contributed by atoms with van der Waals surface area (Å²) < 4.78 is 16.3. The number of likely N-dealkylation sites (tertiary alicyclic amines) is 1. The molecule has 2 aliphatic heterocycles. The molecule has 1 spiro atoms. The highest BCUT2D eigenvalue weighted by Gasteiger charge is 2.40. The summed E-state index contributed by atoms with van der Waals surface area (Å²) in [6, 6.07) is 1.80. The van der Waals surface area contributed by atoms with E-state index in [-0.39, 0.29) is 5.91 Å². The number of hydrogen-bond donors (Lipinski definition) is 0. The van der Waals surface area contributed by atoms with Gasteiger partial charge < -0.3 is 18.9 Å². The summed E-state index contributed by atoms with van der Waals surface area (Å²) in [5.41, 5.74) is 0.691. The molecule has 0 atom stereocenters. The predicted molar refractivity (Wildman–Crippen MR) is 65.4 cm³/mol. The molecule has 0 saturated carbocycles. The molecular weight excluding hydrogens is 248 g/mol. The highest BCUT2D eigenvalue weighted by molar-refractivity contribution is 5.78. The molecule has 1 aromatic rings. The first-order valence-corrected chi connectivity index (χ1v) is 6.65. The van der Waals surface area contributed by atoms with E-state index in [1.165, 1.54) is 0 Å². The van der Waals surface area contributed by atoms with E-state index in [9.17, 15) is 4.79 Å². The summed E-state index contributed by atoms with van der Waals surface area (Å²) in [5.74, 6) is 0.385. The SMILES string of the molecule is Cc1cc(CC(=O)N2CCC3(CC2)OCCO3)no1. The van der Waals surface area contributed by atoms with E-state index < -0.39 is 5.79 Å². The maximum Gasteiger partial charge on any atom is 0.228 e. The summed E-state index contributed by atoms with van der Waals surface area (Å²) in [4.78, 5) is 14.0. The van der Waals surface area contributed by atoms with Crippen LogP contribution in [0.15, 0.2) is 10.6 Å². The zero-order valence-corrected chi connectivity index (χ0v) is 11.1. The molecule has 2 saturated heterocycles. The van der Waals surface area contributed by atoms with Crippen LogP contribution in [0, 0.1) is 6.92 Å². The largest absolute Gasteiger partial charge is 0.361 e. The van der Waals surface area contributed by atoms with Crippen LogP contribution in [0.5, 0.6) is 0 Å². The van der Waals surface area contributed by atoms with Gasteiger partial charge in [0.1, 0.15) is 5.76 Å². The molecule has 1 amide bonds. The van der Waals surface area contributed by atoms with Crippen molar-refractivity contribution in [1.29, 1.82) is 0 Å². The minimum absolute atomic E-state index is 0.0844. The lowest BCUT2D eigenvalue weighted by Crippen LogP contribution is -2.47. The predicted octanol–water partition coefficient (Wildman–Crippen LogP) is 0.891. The van der Waals surface area contributed by atoms with Crippen LogP contribution in [-0.2, 0) is 20.7 Å². The van der Waals surface area contributed by atoms with Crippen molar-refractivity contribution in [3.8, 4) is 0 Å². The van der Waals surface area contributed by atoms with E-state index in [1.807, 2.05) is 11.8 Å². The fourth-order valence-electron chi connectivity index (χ4n) is 2.65. The third-order valence-corrected chi connectivity index (χ3v) is 3.70. The van der Waals surface area contributed by atoms with E-state index in [4.69, 9.17) is 14.0 Å². The van der Waals surface area contributed by atoms with E-state index in [1.54, 1.807) is 6.07 Å². The number of carbonyl (C=O) groups is 1. The normalized spacial score (nSPS) is 22.1. The Kier molecular flexibility index (Phi) is 3.28. The van der Waals surface area contributed by atoms with Crippen molar-refractivity contribution in [1.82, 2.24) is 10.1 Å². The molecule has 19 heavy (non-hydrogen) atoms. The zero-order valence-electron chi connectivity index (χ0n) is 11.1. The lowest BCUT2D eigenvalue weighted by atomic mass is 10.0. The molecule has 1 aromatic heterocycles. The van der Waals surface area contributed by atoms with Crippen molar-refractivity contribution >= 4 is 5.91 Å². The van der Waals surface area contributed by atoms with Crippen LogP contribution in [-0.4, -0.2) is 48.1 Å². The summed E-state index contributed by atoms with van der Waals surface area (Å²) in [6.45, 7) is 4.49. The maximum absolute atomic E-state index is 12.1. The van der Waals surface area contributed by atoms with E-state index in [0.29, 0.717) is 38.4 Å². The second-order valence-corrected chi connectivity index (χ2v) is 5.09. The van der Waals surface area contributed by atoms with Crippen LogP contribution < -0.4 is 0 Å². The number of piperidine rings is 1. The van der Waals surface area contributed by atoms with Crippen LogP contribution in [0.4, 0.5) is 0 Å². The highest BCUT2D eigenvalue weighted by Crippen LogP contribution is 2.31. The Balaban J connectivity index is 1.54. The molecule has 6 heteroatoms. The van der Waals surface area contributed by atoms with E-state index in [0.717, 1.165) is 18.6 Å². The van der Waals surface area contributed by atoms with Crippen molar-refractivity contribution in [2.45, 2.75) is 32.0 Å². The highest BCUT2D eigenvalue weighted by atomic mass is 16.7. The Labute approximate surface area is 111 Å². The van der Waals surface area contributed by atoms with Gasteiger partial charge in [-0.15, -0.1) is 0 Å². The van der Waals surface area contributed by atoms with Crippen LogP contribution in [0.2, 0.25) is 0 Å². The van der Waals surface area contributed by atoms with Crippen LogP contribution in [0.1, 0.15) is 24.3 Å². The number of nitrogens with zero attached hydrogens (tertiary/aromatic N) is 2. The number of amides is 1. The third-order valence-electron chi connectivity index (χ3n) is 3.70. The lowest BCUT2D eigenvalue weighted by molar-refractivity contribution is -0.187. The molecule has 3 rings (SSSR count). The quantitative estimate of drug-likeness (QED) is 0.795. The van der Waals surface area contributed by atoms with Gasteiger partial charge in [0.15, 0.2) is 5.79 Å². The van der Waals surface area contributed by atoms with Crippen molar-refractivity contribution in [3.63, 3.8) is 0 Å². The molecule has 3 heterocycles. The molecular formula is C13H18N2O4. The fraction of sp³-hybridized carbons (Fsp3) is 0.692. The first kappa shape index (κ1) is 12.6. The van der Waals surface area contributed by atoms with Gasteiger partial charge in [-0.2, -0.15) is 0 Å². The summed E-state index contributed by atoms with van der Waals surface area (Å²) >= 11 is 0. The summed E-state index contributed by atoms with van der Waals surface area (Å²) in [5, 5.41) is 3.85. The number of ether oxygens (including phenoxy) is 2. The Morgan fingerprint density at radius 2 is 2.05 bits per heavy atom. The maximum atomic E-state index is 12.1. The molecule has 2 aliphatic rings.